The van der Waals surface area contributed by atoms with E-state index < -0.39 is 6.10 Å². The maximum atomic E-state index is 12.1. The first-order chi connectivity index (χ1) is 12.0. The number of amides is 1. The lowest BCUT2D eigenvalue weighted by molar-refractivity contribution is -0.127. The van der Waals surface area contributed by atoms with Crippen LogP contribution < -0.4 is 10.1 Å². The molecule has 0 unspecified atom stereocenters. The number of hydrogen-bond donors (Lipinski definition) is 1. The summed E-state index contributed by atoms with van der Waals surface area (Å²) in [4.78, 5) is 12.1. The van der Waals surface area contributed by atoms with E-state index in [-0.39, 0.29) is 5.91 Å². The van der Waals surface area contributed by atoms with E-state index in [1.54, 1.807) is 18.7 Å². The number of hydrogen-bond acceptors (Lipinski definition) is 3. The molecule has 1 atom stereocenters. The number of thioether (sulfide) groups is 1. The Labute approximate surface area is 159 Å². The molecule has 0 fully saturated rings. The largest absolute Gasteiger partial charge is 0.481 e. The Morgan fingerprint density at radius 1 is 1.16 bits per heavy atom. The van der Waals surface area contributed by atoms with E-state index in [2.05, 4.69) is 12.2 Å². The van der Waals surface area contributed by atoms with Gasteiger partial charge in [-0.25, -0.2) is 0 Å². The topological polar surface area (TPSA) is 38.3 Å². The molecule has 2 aromatic carbocycles. The summed E-state index contributed by atoms with van der Waals surface area (Å²) in [5, 5.41) is 3.67. The summed E-state index contributed by atoms with van der Waals surface area (Å²) in [5.74, 6) is 2.39. The molecule has 3 nitrogen and oxygen atoms in total. The number of carbonyl (C=O) groups excluding carboxylic acids is 1. The predicted molar refractivity (Wildman–Crippen MR) is 107 cm³/mol. The molecule has 0 aliphatic carbocycles. The second kappa shape index (κ2) is 9.73. The minimum absolute atomic E-state index is 0.0923. The third-order valence-corrected chi connectivity index (χ3v) is 5.17. The van der Waals surface area contributed by atoms with Gasteiger partial charge in [-0.1, -0.05) is 29.8 Å². The number of carbonyl (C=O) groups is 1. The Balaban J connectivity index is 1.67. The van der Waals surface area contributed by atoms with Gasteiger partial charge in [0.2, 0.25) is 0 Å². The van der Waals surface area contributed by atoms with Gasteiger partial charge in [-0.05, 0) is 61.7 Å². The minimum atomic E-state index is -0.511. The van der Waals surface area contributed by atoms with Crippen LogP contribution in [0.4, 0.5) is 0 Å². The Kier molecular flexibility index (Phi) is 7.66. The van der Waals surface area contributed by atoms with Gasteiger partial charge in [0.05, 0.1) is 0 Å². The molecule has 0 aliphatic rings. The molecule has 0 heterocycles. The Bertz CT molecular complexity index is 703. The number of rotatable bonds is 8. The molecule has 0 spiro atoms. The second-order valence-electron chi connectivity index (χ2n) is 5.98. The van der Waals surface area contributed by atoms with Crippen molar-refractivity contribution in [3.8, 4) is 5.75 Å². The summed E-state index contributed by atoms with van der Waals surface area (Å²) in [7, 11) is 0. The van der Waals surface area contributed by atoms with Crippen molar-refractivity contribution in [2.75, 3.05) is 12.3 Å². The van der Waals surface area contributed by atoms with E-state index in [0.29, 0.717) is 6.54 Å². The zero-order chi connectivity index (χ0) is 18.2. The summed E-state index contributed by atoms with van der Waals surface area (Å²) >= 11 is 7.64. The van der Waals surface area contributed by atoms with Crippen LogP contribution in [0.25, 0.3) is 0 Å². The molecule has 2 rings (SSSR count). The number of nitrogens with one attached hydrogen (secondary N) is 1. The molecule has 134 valence electrons. The molecule has 0 radical (unpaired) electrons. The van der Waals surface area contributed by atoms with Crippen molar-refractivity contribution in [1.29, 1.82) is 0 Å². The highest BCUT2D eigenvalue weighted by Gasteiger charge is 2.14. The Hall–Kier alpha value is -1.65. The normalized spacial score (nSPS) is 11.8. The van der Waals surface area contributed by atoms with E-state index in [0.717, 1.165) is 27.8 Å². The quantitative estimate of drug-likeness (QED) is 0.673. The highest BCUT2D eigenvalue weighted by atomic mass is 35.5. The Morgan fingerprint density at radius 2 is 1.88 bits per heavy atom. The van der Waals surface area contributed by atoms with Crippen molar-refractivity contribution in [3.63, 3.8) is 0 Å². The van der Waals surface area contributed by atoms with Crippen molar-refractivity contribution >= 4 is 29.3 Å². The lowest BCUT2D eigenvalue weighted by atomic mass is 10.1. The average Bonchev–Trinajstić information content (AvgIpc) is 2.59. The fourth-order valence-electron chi connectivity index (χ4n) is 2.21. The predicted octanol–water partition coefficient (Wildman–Crippen LogP) is 4.77. The van der Waals surface area contributed by atoms with Crippen molar-refractivity contribution in [3.05, 3.63) is 64.2 Å². The molecule has 5 heteroatoms. The van der Waals surface area contributed by atoms with Crippen LogP contribution in [-0.2, 0) is 10.5 Å². The van der Waals surface area contributed by atoms with E-state index in [1.807, 2.05) is 49.4 Å². The van der Waals surface area contributed by atoms with Crippen molar-refractivity contribution in [2.24, 2.45) is 0 Å². The van der Waals surface area contributed by atoms with Gasteiger partial charge >= 0.3 is 0 Å². The van der Waals surface area contributed by atoms with Crippen LogP contribution in [0.3, 0.4) is 0 Å². The standard InChI is InChI=1S/C20H24ClNO2S/c1-14-4-9-19(12-15(14)2)24-16(3)20(23)22-10-11-25-13-17-5-7-18(21)8-6-17/h4-9,12,16H,10-11,13H2,1-3H3,(H,22,23)/t16-/m0/s1. The first-order valence-electron chi connectivity index (χ1n) is 8.29. The van der Waals surface area contributed by atoms with Gasteiger partial charge in [0, 0.05) is 23.1 Å². The summed E-state index contributed by atoms with van der Waals surface area (Å²) in [5.41, 5.74) is 3.60. The van der Waals surface area contributed by atoms with E-state index in [1.165, 1.54) is 11.1 Å². The highest BCUT2D eigenvalue weighted by molar-refractivity contribution is 7.98. The molecule has 0 saturated heterocycles. The van der Waals surface area contributed by atoms with E-state index in [9.17, 15) is 4.79 Å². The summed E-state index contributed by atoms with van der Waals surface area (Å²) < 4.78 is 5.72. The van der Waals surface area contributed by atoms with Crippen molar-refractivity contribution in [2.45, 2.75) is 32.6 Å². The highest BCUT2D eigenvalue weighted by Crippen LogP contribution is 2.18. The number of benzene rings is 2. The third kappa shape index (κ3) is 6.63. The molecule has 0 bridgehead atoms. The molecule has 0 aromatic heterocycles. The maximum Gasteiger partial charge on any atom is 0.260 e. The number of aryl methyl sites for hydroxylation is 2. The molecule has 0 aliphatic heterocycles. The van der Waals surface area contributed by atoms with Crippen LogP contribution in [0.5, 0.6) is 5.75 Å². The zero-order valence-corrected chi connectivity index (χ0v) is 16.4. The van der Waals surface area contributed by atoms with Crippen LogP contribution in [0.15, 0.2) is 42.5 Å². The van der Waals surface area contributed by atoms with E-state index >= 15 is 0 Å². The average molecular weight is 378 g/mol. The summed E-state index contributed by atoms with van der Waals surface area (Å²) in [6.45, 7) is 6.48. The first-order valence-corrected chi connectivity index (χ1v) is 9.83. The van der Waals surface area contributed by atoms with Crippen molar-refractivity contribution in [1.82, 2.24) is 5.32 Å². The van der Waals surface area contributed by atoms with Gasteiger partial charge in [0.1, 0.15) is 5.75 Å². The fraction of sp³-hybridized carbons (Fsp3) is 0.350. The molecule has 1 N–H and O–H groups in total. The van der Waals surface area contributed by atoms with E-state index in [4.69, 9.17) is 16.3 Å². The lowest BCUT2D eigenvalue weighted by Crippen LogP contribution is -2.37. The number of halogens is 1. The van der Waals surface area contributed by atoms with Gasteiger partial charge in [-0.3, -0.25) is 4.79 Å². The smallest absolute Gasteiger partial charge is 0.260 e. The van der Waals surface area contributed by atoms with Gasteiger partial charge < -0.3 is 10.1 Å². The number of ether oxygens (including phenoxy) is 1. The first kappa shape index (κ1) is 19.7. The van der Waals surface area contributed by atoms with Gasteiger partial charge in [-0.15, -0.1) is 0 Å². The minimum Gasteiger partial charge on any atom is -0.481 e. The second-order valence-corrected chi connectivity index (χ2v) is 7.52. The van der Waals surface area contributed by atoms with Gasteiger partial charge in [0.25, 0.3) is 5.91 Å². The molecular weight excluding hydrogens is 354 g/mol. The molecule has 1 amide bonds. The van der Waals surface area contributed by atoms with Crippen LogP contribution in [0.2, 0.25) is 5.02 Å². The molecule has 0 saturated carbocycles. The monoisotopic (exact) mass is 377 g/mol. The van der Waals surface area contributed by atoms with Crippen molar-refractivity contribution < 1.29 is 9.53 Å². The lowest BCUT2D eigenvalue weighted by Gasteiger charge is -2.15. The van der Waals surface area contributed by atoms with Crippen LogP contribution in [-0.4, -0.2) is 24.3 Å². The molecular formula is C20H24ClNO2S. The fourth-order valence-corrected chi connectivity index (χ4v) is 3.15. The summed E-state index contributed by atoms with van der Waals surface area (Å²) in [6.07, 6.45) is -0.511. The van der Waals surface area contributed by atoms with Crippen LogP contribution >= 0.6 is 23.4 Å². The molecule has 2 aromatic rings. The SMILES string of the molecule is Cc1ccc(O[C@@H](C)C(=O)NCCSCc2ccc(Cl)cc2)cc1C. The summed E-state index contributed by atoms with van der Waals surface area (Å²) in [6, 6.07) is 13.7. The van der Waals surface area contributed by atoms with Gasteiger partial charge in [-0.2, -0.15) is 11.8 Å². The van der Waals surface area contributed by atoms with Crippen LogP contribution in [0.1, 0.15) is 23.6 Å². The maximum absolute atomic E-state index is 12.1. The Morgan fingerprint density at radius 3 is 2.56 bits per heavy atom. The molecule has 25 heavy (non-hydrogen) atoms. The van der Waals surface area contributed by atoms with Gasteiger partial charge in [0.15, 0.2) is 6.10 Å². The van der Waals surface area contributed by atoms with Crippen LogP contribution in [0, 0.1) is 13.8 Å². The zero-order valence-electron chi connectivity index (χ0n) is 14.8. The third-order valence-electron chi connectivity index (χ3n) is 3.89.